The van der Waals surface area contributed by atoms with E-state index in [4.69, 9.17) is 0 Å². The van der Waals surface area contributed by atoms with Crippen LogP contribution in [0.15, 0.2) is 0 Å². The quantitative estimate of drug-likeness (QED) is 0.435. The van der Waals surface area contributed by atoms with Crippen molar-refractivity contribution in [2.24, 2.45) is 11.8 Å². The van der Waals surface area contributed by atoms with Gasteiger partial charge in [-0.2, -0.15) is 0 Å². The van der Waals surface area contributed by atoms with E-state index >= 15 is 0 Å². The van der Waals surface area contributed by atoms with Gasteiger partial charge >= 0.3 is 0 Å². The predicted octanol–water partition coefficient (Wildman–Crippen LogP) is 5.40. The van der Waals surface area contributed by atoms with E-state index in [-0.39, 0.29) is 0 Å². The average molecular weight is 255 g/mol. The third kappa shape index (κ3) is 12.4. The number of nitrogens with one attached hydrogen (secondary N) is 1. The first-order chi connectivity index (χ1) is 8.70. The Bertz CT molecular complexity index is 156. The Balaban J connectivity index is 3.26. The van der Waals surface area contributed by atoms with Gasteiger partial charge in [-0.1, -0.05) is 72.6 Å². The van der Waals surface area contributed by atoms with Crippen LogP contribution < -0.4 is 5.32 Å². The van der Waals surface area contributed by atoms with E-state index in [1.165, 1.54) is 70.9 Å². The minimum atomic E-state index is 0.854. The van der Waals surface area contributed by atoms with Crippen molar-refractivity contribution in [3.05, 3.63) is 0 Å². The molecule has 0 rings (SSSR count). The van der Waals surface area contributed by atoms with Crippen LogP contribution in [0.4, 0.5) is 0 Å². The lowest BCUT2D eigenvalue weighted by atomic mass is 9.95. The van der Waals surface area contributed by atoms with Gasteiger partial charge in [-0.3, -0.25) is 0 Å². The molecule has 0 aromatic heterocycles. The smallest absolute Gasteiger partial charge is 0.00232 e. The van der Waals surface area contributed by atoms with Gasteiger partial charge in [0.2, 0.25) is 0 Å². The van der Waals surface area contributed by atoms with Crippen molar-refractivity contribution in [2.45, 2.75) is 85.5 Å². The molecule has 0 saturated heterocycles. The molecule has 0 aliphatic carbocycles. The molecular formula is C17H37N. The summed E-state index contributed by atoms with van der Waals surface area (Å²) in [6, 6.07) is 0. The molecule has 0 heterocycles. The predicted molar refractivity (Wildman–Crippen MR) is 84.1 cm³/mol. The van der Waals surface area contributed by atoms with Crippen LogP contribution in [0.25, 0.3) is 0 Å². The minimum absolute atomic E-state index is 0.854. The lowest BCUT2D eigenvalue weighted by Crippen LogP contribution is -2.22. The maximum Gasteiger partial charge on any atom is -0.00232 e. The zero-order chi connectivity index (χ0) is 13.6. The summed E-state index contributed by atoms with van der Waals surface area (Å²) in [6.45, 7) is 11.8. The Morgan fingerprint density at radius 2 is 1.28 bits per heavy atom. The molecule has 0 amide bonds. The van der Waals surface area contributed by atoms with Gasteiger partial charge in [0, 0.05) is 0 Å². The normalized spacial score (nSPS) is 14.7. The Morgan fingerprint density at radius 1 is 0.722 bits per heavy atom. The topological polar surface area (TPSA) is 12.0 Å². The first kappa shape index (κ1) is 18.0. The second-order valence-corrected chi connectivity index (χ2v) is 6.19. The van der Waals surface area contributed by atoms with Crippen LogP contribution in [-0.4, -0.2) is 13.1 Å². The highest BCUT2D eigenvalue weighted by molar-refractivity contribution is 4.59. The molecule has 0 aromatic carbocycles. The molecule has 1 heteroatoms. The lowest BCUT2D eigenvalue weighted by Gasteiger charge is -2.14. The standard InChI is InChI=1S/C17H37N/c1-5-7-11-16(3)12-9-10-13-17(4)15-18-14-8-6-2/h16-18H,5-15H2,1-4H3/t16-,17?/m0/s1. The van der Waals surface area contributed by atoms with Gasteiger partial charge < -0.3 is 5.32 Å². The SMILES string of the molecule is CCCCNCC(C)CCCC[C@@H](C)CCCC. The molecule has 1 unspecified atom stereocenters. The van der Waals surface area contributed by atoms with E-state index in [9.17, 15) is 0 Å². The first-order valence-electron chi connectivity index (χ1n) is 8.41. The summed E-state index contributed by atoms with van der Waals surface area (Å²) in [5, 5.41) is 3.56. The fourth-order valence-electron chi connectivity index (χ4n) is 2.43. The summed E-state index contributed by atoms with van der Waals surface area (Å²) >= 11 is 0. The van der Waals surface area contributed by atoms with Crippen LogP contribution in [-0.2, 0) is 0 Å². The van der Waals surface area contributed by atoms with E-state index in [0.29, 0.717) is 0 Å². The summed E-state index contributed by atoms with van der Waals surface area (Å²) in [5.41, 5.74) is 0. The highest BCUT2D eigenvalue weighted by Gasteiger charge is 2.04. The third-order valence-corrected chi connectivity index (χ3v) is 3.89. The Morgan fingerprint density at radius 3 is 1.89 bits per heavy atom. The van der Waals surface area contributed by atoms with Crippen molar-refractivity contribution in [2.75, 3.05) is 13.1 Å². The highest BCUT2D eigenvalue weighted by atomic mass is 14.8. The third-order valence-electron chi connectivity index (χ3n) is 3.89. The van der Waals surface area contributed by atoms with Crippen LogP contribution in [0.1, 0.15) is 85.5 Å². The van der Waals surface area contributed by atoms with Crippen molar-refractivity contribution < 1.29 is 0 Å². The van der Waals surface area contributed by atoms with E-state index in [0.717, 1.165) is 11.8 Å². The van der Waals surface area contributed by atoms with Gasteiger partial charge in [0.15, 0.2) is 0 Å². The number of rotatable bonds is 13. The van der Waals surface area contributed by atoms with Crippen LogP contribution in [0, 0.1) is 11.8 Å². The lowest BCUT2D eigenvalue weighted by molar-refractivity contribution is 0.412. The highest BCUT2D eigenvalue weighted by Crippen LogP contribution is 2.17. The monoisotopic (exact) mass is 255 g/mol. The molecule has 1 N–H and O–H groups in total. The number of unbranched alkanes of at least 4 members (excludes halogenated alkanes) is 3. The molecule has 18 heavy (non-hydrogen) atoms. The molecule has 2 atom stereocenters. The van der Waals surface area contributed by atoms with E-state index in [1.807, 2.05) is 0 Å². The zero-order valence-corrected chi connectivity index (χ0v) is 13.4. The number of hydrogen-bond acceptors (Lipinski definition) is 1. The molecule has 0 radical (unpaired) electrons. The van der Waals surface area contributed by atoms with E-state index in [2.05, 4.69) is 33.0 Å². The van der Waals surface area contributed by atoms with Crippen LogP contribution >= 0.6 is 0 Å². The van der Waals surface area contributed by atoms with Gasteiger partial charge in [0.1, 0.15) is 0 Å². The van der Waals surface area contributed by atoms with Gasteiger partial charge in [0.05, 0.1) is 0 Å². The van der Waals surface area contributed by atoms with Crippen molar-refractivity contribution in [1.29, 1.82) is 0 Å². The molecule has 110 valence electrons. The zero-order valence-electron chi connectivity index (χ0n) is 13.4. The molecule has 0 bridgehead atoms. The molecule has 1 nitrogen and oxygen atoms in total. The average Bonchev–Trinajstić information content (AvgIpc) is 2.37. The van der Waals surface area contributed by atoms with Crippen molar-refractivity contribution in [1.82, 2.24) is 5.32 Å². The molecule has 0 aromatic rings. The van der Waals surface area contributed by atoms with Crippen molar-refractivity contribution >= 4 is 0 Å². The van der Waals surface area contributed by atoms with Gasteiger partial charge in [-0.25, -0.2) is 0 Å². The summed E-state index contributed by atoms with van der Waals surface area (Å²) in [7, 11) is 0. The maximum absolute atomic E-state index is 3.56. The van der Waals surface area contributed by atoms with Gasteiger partial charge in [-0.15, -0.1) is 0 Å². The maximum atomic E-state index is 3.56. The Labute approximate surface area is 116 Å². The number of hydrogen-bond donors (Lipinski definition) is 1. The van der Waals surface area contributed by atoms with Gasteiger partial charge in [-0.05, 0) is 37.8 Å². The fraction of sp³-hybridized carbons (Fsp3) is 1.00. The molecule has 0 aliphatic heterocycles. The Hall–Kier alpha value is -0.0400. The minimum Gasteiger partial charge on any atom is -0.316 e. The van der Waals surface area contributed by atoms with Gasteiger partial charge in [0.25, 0.3) is 0 Å². The molecule has 0 saturated carbocycles. The summed E-state index contributed by atoms with van der Waals surface area (Å²) < 4.78 is 0. The van der Waals surface area contributed by atoms with Crippen LogP contribution in [0.3, 0.4) is 0 Å². The van der Waals surface area contributed by atoms with E-state index < -0.39 is 0 Å². The van der Waals surface area contributed by atoms with Crippen LogP contribution in [0.2, 0.25) is 0 Å². The van der Waals surface area contributed by atoms with Crippen LogP contribution in [0.5, 0.6) is 0 Å². The summed E-state index contributed by atoms with van der Waals surface area (Å²) in [6.07, 6.45) is 12.5. The fourth-order valence-corrected chi connectivity index (χ4v) is 2.43. The van der Waals surface area contributed by atoms with E-state index in [1.54, 1.807) is 0 Å². The molecule has 0 fully saturated rings. The second-order valence-electron chi connectivity index (χ2n) is 6.19. The molecular weight excluding hydrogens is 218 g/mol. The van der Waals surface area contributed by atoms with Crippen molar-refractivity contribution in [3.8, 4) is 0 Å². The summed E-state index contributed by atoms with van der Waals surface area (Å²) in [4.78, 5) is 0. The Kier molecular flexibility index (Phi) is 13.4. The van der Waals surface area contributed by atoms with Crippen molar-refractivity contribution in [3.63, 3.8) is 0 Å². The first-order valence-corrected chi connectivity index (χ1v) is 8.41. The second kappa shape index (κ2) is 13.4. The summed E-state index contributed by atoms with van der Waals surface area (Å²) in [5.74, 6) is 1.80. The molecule has 0 aliphatic rings. The largest absolute Gasteiger partial charge is 0.316 e. The molecule has 0 spiro atoms.